The minimum atomic E-state index is -0.131. The van der Waals surface area contributed by atoms with Crippen molar-refractivity contribution >= 4 is 11.6 Å². The lowest BCUT2D eigenvalue weighted by atomic mass is 9.92. The number of pyridine rings is 1. The van der Waals surface area contributed by atoms with Crippen LogP contribution in [0.3, 0.4) is 0 Å². The van der Waals surface area contributed by atoms with E-state index in [1.54, 1.807) is 23.3 Å². The molecule has 1 amide bonds. The van der Waals surface area contributed by atoms with Gasteiger partial charge in [-0.2, -0.15) is 5.10 Å². The number of amides is 1. The molecule has 2 unspecified atom stereocenters. The van der Waals surface area contributed by atoms with Gasteiger partial charge in [0.05, 0.1) is 17.9 Å². The minimum Gasteiger partial charge on any atom is -0.323 e. The molecular formula is C14H18N6O. The van der Waals surface area contributed by atoms with Crippen LogP contribution in [0, 0.1) is 5.92 Å². The van der Waals surface area contributed by atoms with E-state index < -0.39 is 0 Å². The van der Waals surface area contributed by atoms with E-state index in [4.69, 9.17) is 0 Å². The fraction of sp³-hybridized carbons (Fsp3) is 0.429. The van der Waals surface area contributed by atoms with Crippen molar-refractivity contribution in [2.24, 2.45) is 5.92 Å². The lowest BCUT2D eigenvalue weighted by Crippen LogP contribution is -2.48. The van der Waals surface area contributed by atoms with Gasteiger partial charge in [-0.1, -0.05) is 6.92 Å². The normalized spacial score (nSPS) is 22.0. The summed E-state index contributed by atoms with van der Waals surface area (Å²) in [6, 6.07) is 3.48. The van der Waals surface area contributed by atoms with Crippen LogP contribution < -0.4 is 10.6 Å². The van der Waals surface area contributed by atoms with Gasteiger partial charge in [0.2, 0.25) is 5.91 Å². The van der Waals surface area contributed by atoms with Crippen molar-refractivity contribution in [2.45, 2.75) is 25.8 Å². The van der Waals surface area contributed by atoms with Crippen LogP contribution in [0.25, 0.3) is 5.82 Å². The highest BCUT2D eigenvalue weighted by Crippen LogP contribution is 2.17. The molecule has 110 valence electrons. The first kappa shape index (κ1) is 13.7. The summed E-state index contributed by atoms with van der Waals surface area (Å²) in [5.74, 6) is 1.01. The Morgan fingerprint density at radius 1 is 1.48 bits per heavy atom. The number of piperidine rings is 1. The van der Waals surface area contributed by atoms with E-state index in [0.29, 0.717) is 17.4 Å². The predicted molar refractivity (Wildman–Crippen MR) is 78.0 cm³/mol. The number of carbonyl (C=O) groups excluding carboxylic acids is 1. The van der Waals surface area contributed by atoms with Crippen molar-refractivity contribution in [2.75, 3.05) is 11.9 Å². The molecule has 1 aliphatic heterocycles. The first-order chi connectivity index (χ1) is 10.2. The van der Waals surface area contributed by atoms with E-state index in [0.717, 1.165) is 19.4 Å². The number of hydrogen-bond donors (Lipinski definition) is 2. The molecule has 1 saturated heterocycles. The van der Waals surface area contributed by atoms with Crippen LogP contribution in [-0.4, -0.2) is 38.2 Å². The first-order valence-electron chi connectivity index (χ1n) is 7.09. The van der Waals surface area contributed by atoms with Crippen LogP contribution >= 0.6 is 0 Å². The third-order valence-electron chi connectivity index (χ3n) is 3.72. The summed E-state index contributed by atoms with van der Waals surface area (Å²) in [7, 11) is 0. The number of aromatic nitrogens is 4. The number of carbonyl (C=O) groups is 1. The van der Waals surface area contributed by atoms with Crippen molar-refractivity contribution in [3.8, 4) is 5.82 Å². The quantitative estimate of drug-likeness (QED) is 0.879. The van der Waals surface area contributed by atoms with Crippen LogP contribution in [0.1, 0.15) is 19.8 Å². The first-order valence-corrected chi connectivity index (χ1v) is 7.09. The van der Waals surface area contributed by atoms with Crippen LogP contribution in [0.4, 0.5) is 5.69 Å². The second-order valence-corrected chi connectivity index (χ2v) is 5.29. The maximum Gasteiger partial charge on any atom is 0.241 e. The van der Waals surface area contributed by atoms with Crippen molar-refractivity contribution in [1.29, 1.82) is 0 Å². The Balaban J connectivity index is 1.66. The topological polar surface area (TPSA) is 84.7 Å². The van der Waals surface area contributed by atoms with Crippen LogP contribution in [0.15, 0.2) is 31.0 Å². The van der Waals surface area contributed by atoms with Gasteiger partial charge in [-0.15, -0.1) is 0 Å². The maximum atomic E-state index is 12.3. The van der Waals surface area contributed by atoms with Crippen LogP contribution in [0.2, 0.25) is 0 Å². The molecule has 2 aromatic heterocycles. The molecule has 7 heteroatoms. The zero-order chi connectivity index (χ0) is 14.7. The summed E-state index contributed by atoms with van der Waals surface area (Å²) in [4.78, 5) is 20.4. The van der Waals surface area contributed by atoms with Crippen LogP contribution in [0.5, 0.6) is 0 Å². The second kappa shape index (κ2) is 6.01. The Bertz CT molecular complexity index is 594. The number of nitrogens with one attached hydrogen (secondary N) is 2. The van der Waals surface area contributed by atoms with E-state index in [-0.39, 0.29) is 11.9 Å². The van der Waals surface area contributed by atoms with Gasteiger partial charge in [0, 0.05) is 0 Å². The molecule has 21 heavy (non-hydrogen) atoms. The van der Waals surface area contributed by atoms with Crippen molar-refractivity contribution in [3.05, 3.63) is 31.0 Å². The highest BCUT2D eigenvalue weighted by Gasteiger charge is 2.27. The van der Waals surface area contributed by atoms with E-state index >= 15 is 0 Å². The molecule has 7 nitrogen and oxygen atoms in total. The number of hydrogen-bond acceptors (Lipinski definition) is 5. The average Bonchev–Trinajstić information content (AvgIpc) is 3.02. The molecule has 0 aromatic carbocycles. The molecule has 1 aliphatic rings. The Morgan fingerprint density at radius 2 is 2.38 bits per heavy atom. The molecule has 0 aliphatic carbocycles. The fourth-order valence-corrected chi connectivity index (χ4v) is 2.54. The highest BCUT2D eigenvalue weighted by atomic mass is 16.2. The van der Waals surface area contributed by atoms with Gasteiger partial charge in [-0.05, 0) is 37.4 Å². The van der Waals surface area contributed by atoms with E-state index in [1.165, 1.54) is 6.33 Å². The van der Waals surface area contributed by atoms with Gasteiger partial charge < -0.3 is 10.6 Å². The molecule has 3 rings (SSSR count). The maximum absolute atomic E-state index is 12.3. The van der Waals surface area contributed by atoms with Gasteiger partial charge in [0.15, 0.2) is 5.82 Å². The Hall–Kier alpha value is -2.28. The molecule has 0 saturated carbocycles. The lowest BCUT2D eigenvalue weighted by Gasteiger charge is -2.28. The average molecular weight is 286 g/mol. The fourth-order valence-electron chi connectivity index (χ4n) is 2.54. The minimum absolute atomic E-state index is 0.00231. The zero-order valence-electron chi connectivity index (χ0n) is 11.9. The van der Waals surface area contributed by atoms with Crippen molar-refractivity contribution in [1.82, 2.24) is 25.1 Å². The van der Waals surface area contributed by atoms with Crippen molar-refractivity contribution < 1.29 is 4.79 Å². The molecule has 2 aromatic rings. The third kappa shape index (κ3) is 3.08. The zero-order valence-corrected chi connectivity index (χ0v) is 11.9. The Labute approximate surface area is 122 Å². The molecule has 2 atom stereocenters. The van der Waals surface area contributed by atoms with E-state index in [9.17, 15) is 4.79 Å². The van der Waals surface area contributed by atoms with Gasteiger partial charge in [0.25, 0.3) is 0 Å². The lowest BCUT2D eigenvalue weighted by molar-refractivity contribution is -0.119. The van der Waals surface area contributed by atoms with Gasteiger partial charge in [-0.3, -0.25) is 4.79 Å². The molecule has 0 bridgehead atoms. The largest absolute Gasteiger partial charge is 0.323 e. The van der Waals surface area contributed by atoms with Gasteiger partial charge in [0.1, 0.15) is 12.7 Å². The SMILES string of the molecule is CC1CCCNC1C(=O)Nc1ccc(-n2cncn2)nc1. The summed E-state index contributed by atoms with van der Waals surface area (Å²) in [6.07, 6.45) is 6.86. The monoisotopic (exact) mass is 286 g/mol. The van der Waals surface area contributed by atoms with Crippen LogP contribution in [-0.2, 0) is 4.79 Å². The number of rotatable bonds is 3. The Morgan fingerprint density at radius 3 is 3.05 bits per heavy atom. The van der Waals surface area contributed by atoms with Gasteiger partial charge in [-0.25, -0.2) is 14.6 Å². The molecule has 2 N–H and O–H groups in total. The molecule has 0 radical (unpaired) electrons. The summed E-state index contributed by atoms with van der Waals surface area (Å²) >= 11 is 0. The van der Waals surface area contributed by atoms with E-state index in [2.05, 4.69) is 32.6 Å². The summed E-state index contributed by atoms with van der Waals surface area (Å²) < 4.78 is 1.57. The molecule has 0 spiro atoms. The smallest absolute Gasteiger partial charge is 0.241 e. The molecule has 3 heterocycles. The third-order valence-corrected chi connectivity index (χ3v) is 3.72. The summed E-state index contributed by atoms with van der Waals surface area (Å²) in [5, 5.41) is 10.2. The molecular weight excluding hydrogens is 268 g/mol. The standard InChI is InChI=1S/C14H18N6O/c1-10-3-2-6-16-13(10)14(21)19-11-4-5-12(17-7-11)20-9-15-8-18-20/h4-5,7-10,13,16H,2-3,6H2,1H3,(H,19,21). The predicted octanol–water partition coefficient (Wildman–Crippen LogP) is 0.989. The number of anilines is 1. The van der Waals surface area contributed by atoms with Gasteiger partial charge >= 0.3 is 0 Å². The second-order valence-electron chi connectivity index (χ2n) is 5.29. The Kier molecular flexibility index (Phi) is 3.92. The van der Waals surface area contributed by atoms with Crippen molar-refractivity contribution in [3.63, 3.8) is 0 Å². The number of nitrogens with zero attached hydrogens (tertiary/aromatic N) is 4. The summed E-state index contributed by atoms with van der Waals surface area (Å²) in [5.41, 5.74) is 0.684. The summed E-state index contributed by atoms with van der Waals surface area (Å²) in [6.45, 7) is 2.99. The van der Waals surface area contributed by atoms with E-state index in [1.807, 2.05) is 6.07 Å². The molecule has 1 fully saturated rings. The highest BCUT2D eigenvalue weighted by molar-refractivity contribution is 5.95.